The summed E-state index contributed by atoms with van der Waals surface area (Å²) in [7, 11) is 3.85. The minimum atomic E-state index is -0.605. The van der Waals surface area contributed by atoms with E-state index in [9.17, 15) is 10.1 Å². The van der Waals surface area contributed by atoms with E-state index in [0.717, 1.165) is 11.3 Å². The molecule has 1 aromatic carbocycles. The molecule has 110 valence electrons. The predicted molar refractivity (Wildman–Crippen MR) is 82.5 cm³/mol. The number of anilines is 3. The number of hydrogen-bond donors (Lipinski definition) is 1. The number of nitrogens with one attached hydrogen (secondary N) is 1. The van der Waals surface area contributed by atoms with Gasteiger partial charge in [0, 0.05) is 25.5 Å². The Morgan fingerprint density at radius 1 is 1.33 bits per heavy atom. The van der Waals surface area contributed by atoms with Gasteiger partial charge < -0.3 is 10.2 Å². The lowest BCUT2D eigenvalue weighted by Gasteiger charge is -2.17. The number of benzene rings is 1. The third kappa shape index (κ3) is 3.19. The van der Waals surface area contributed by atoms with Gasteiger partial charge >= 0.3 is 5.69 Å². The molecule has 0 saturated carbocycles. The van der Waals surface area contributed by atoms with Crippen LogP contribution in [-0.4, -0.2) is 29.0 Å². The highest BCUT2D eigenvalue weighted by atomic mass is 35.5. The number of aryl methyl sites for hydroxylation is 1. The van der Waals surface area contributed by atoms with E-state index in [1.807, 2.05) is 44.1 Å². The van der Waals surface area contributed by atoms with E-state index < -0.39 is 4.92 Å². The van der Waals surface area contributed by atoms with Crippen LogP contribution in [0.15, 0.2) is 24.5 Å². The Balaban J connectivity index is 2.42. The molecule has 2 aromatic rings. The molecule has 1 aromatic heterocycles. The lowest BCUT2D eigenvalue weighted by atomic mass is 10.1. The molecule has 0 aliphatic rings. The van der Waals surface area contributed by atoms with Crippen LogP contribution in [0, 0.1) is 17.0 Å². The Morgan fingerprint density at radius 3 is 2.67 bits per heavy atom. The largest absolute Gasteiger partial charge is 0.377 e. The van der Waals surface area contributed by atoms with Gasteiger partial charge in [0.1, 0.15) is 6.33 Å². The molecule has 0 aliphatic heterocycles. The zero-order valence-corrected chi connectivity index (χ0v) is 12.5. The molecule has 0 bridgehead atoms. The van der Waals surface area contributed by atoms with Gasteiger partial charge in [-0.15, -0.1) is 0 Å². The Bertz CT molecular complexity index is 690. The highest BCUT2D eigenvalue weighted by molar-refractivity contribution is 6.31. The summed E-state index contributed by atoms with van der Waals surface area (Å²) in [4.78, 5) is 19.9. The molecule has 0 aliphatic carbocycles. The van der Waals surface area contributed by atoms with Crippen LogP contribution in [0.25, 0.3) is 0 Å². The molecule has 2 rings (SSSR count). The van der Waals surface area contributed by atoms with Gasteiger partial charge in [-0.05, 0) is 24.6 Å². The van der Waals surface area contributed by atoms with Gasteiger partial charge in [-0.25, -0.2) is 9.97 Å². The third-order valence-corrected chi connectivity index (χ3v) is 3.19. The number of nitro groups is 1. The quantitative estimate of drug-likeness (QED) is 0.530. The summed E-state index contributed by atoms with van der Waals surface area (Å²) in [6.45, 7) is 1.99. The molecule has 8 heteroatoms. The molecular weight excluding hydrogens is 294 g/mol. The van der Waals surface area contributed by atoms with Crippen LogP contribution in [0.4, 0.5) is 22.9 Å². The van der Waals surface area contributed by atoms with E-state index in [0.29, 0.717) is 5.69 Å². The van der Waals surface area contributed by atoms with Crippen molar-refractivity contribution in [3.05, 3.63) is 45.4 Å². The average Bonchev–Trinajstić information content (AvgIpc) is 2.40. The molecule has 0 amide bonds. The fraction of sp³-hybridized carbons (Fsp3) is 0.231. The Hall–Kier alpha value is -2.41. The summed E-state index contributed by atoms with van der Waals surface area (Å²) in [5.41, 5.74) is 2.44. The van der Waals surface area contributed by atoms with Gasteiger partial charge in [0.2, 0.25) is 11.0 Å². The normalized spacial score (nSPS) is 10.3. The number of hydrogen-bond acceptors (Lipinski definition) is 6. The number of aromatic nitrogens is 2. The van der Waals surface area contributed by atoms with Crippen LogP contribution in [0.3, 0.4) is 0 Å². The van der Waals surface area contributed by atoms with Gasteiger partial charge in [-0.1, -0.05) is 17.7 Å². The van der Waals surface area contributed by atoms with E-state index in [1.165, 1.54) is 6.33 Å². The second-order valence-electron chi connectivity index (χ2n) is 4.64. The zero-order chi connectivity index (χ0) is 15.6. The molecule has 7 nitrogen and oxygen atoms in total. The van der Waals surface area contributed by atoms with Gasteiger partial charge in [0.25, 0.3) is 0 Å². The highest BCUT2D eigenvalue weighted by Gasteiger charge is 2.21. The molecule has 0 fully saturated rings. The molecule has 0 unspecified atom stereocenters. The minimum absolute atomic E-state index is 0.0635. The Morgan fingerprint density at radius 2 is 2.05 bits per heavy atom. The molecule has 0 spiro atoms. The van der Waals surface area contributed by atoms with Gasteiger partial charge in [0.15, 0.2) is 0 Å². The summed E-state index contributed by atoms with van der Waals surface area (Å²) in [6.07, 6.45) is 1.18. The highest BCUT2D eigenvalue weighted by Crippen LogP contribution is 2.32. The van der Waals surface area contributed by atoms with E-state index in [1.54, 1.807) is 0 Å². The van der Waals surface area contributed by atoms with Crippen LogP contribution in [0.2, 0.25) is 5.15 Å². The summed E-state index contributed by atoms with van der Waals surface area (Å²) in [5.74, 6) is 0.0635. The lowest BCUT2D eigenvalue weighted by molar-refractivity contribution is -0.384. The van der Waals surface area contributed by atoms with Crippen LogP contribution in [0.5, 0.6) is 0 Å². The van der Waals surface area contributed by atoms with E-state index in [-0.39, 0.29) is 16.7 Å². The fourth-order valence-corrected chi connectivity index (χ4v) is 2.12. The van der Waals surface area contributed by atoms with E-state index in [4.69, 9.17) is 11.6 Å². The second-order valence-corrected chi connectivity index (χ2v) is 5.00. The first kappa shape index (κ1) is 15.0. The van der Waals surface area contributed by atoms with Gasteiger partial charge in [-0.3, -0.25) is 10.1 Å². The van der Waals surface area contributed by atoms with Crippen molar-refractivity contribution >= 4 is 34.5 Å². The standard InChI is InChI=1S/C13H14ClN5O2/c1-8-4-5-9(6-10(8)18(2)3)17-13-11(19(20)21)12(14)15-7-16-13/h4-7H,1-3H3,(H,15,16,17). The fourth-order valence-electron chi connectivity index (χ4n) is 1.92. The average molecular weight is 308 g/mol. The summed E-state index contributed by atoms with van der Waals surface area (Å²) < 4.78 is 0. The molecule has 1 N–H and O–H groups in total. The van der Waals surface area contributed by atoms with E-state index in [2.05, 4.69) is 15.3 Å². The monoisotopic (exact) mass is 307 g/mol. The van der Waals surface area contributed by atoms with Crippen molar-refractivity contribution < 1.29 is 4.92 Å². The first-order valence-corrected chi connectivity index (χ1v) is 6.48. The number of nitrogens with zero attached hydrogens (tertiary/aromatic N) is 4. The zero-order valence-electron chi connectivity index (χ0n) is 11.8. The van der Waals surface area contributed by atoms with Crippen molar-refractivity contribution in [2.24, 2.45) is 0 Å². The van der Waals surface area contributed by atoms with Crippen LogP contribution >= 0.6 is 11.6 Å². The Labute approximate surface area is 126 Å². The summed E-state index contributed by atoms with van der Waals surface area (Å²) >= 11 is 5.76. The molecule has 0 atom stereocenters. The lowest BCUT2D eigenvalue weighted by Crippen LogP contribution is -2.10. The third-order valence-electron chi connectivity index (χ3n) is 2.91. The van der Waals surface area contributed by atoms with Crippen molar-refractivity contribution in [1.29, 1.82) is 0 Å². The second kappa shape index (κ2) is 5.92. The summed E-state index contributed by atoms with van der Waals surface area (Å²) in [6, 6.07) is 5.63. The maximum Gasteiger partial charge on any atom is 0.348 e. The molecule has 21 heavy (non-hydrogen) atoms. The van der Waals surface area contributed by atoms with E-state index >= 15 is 0 Å². The number of rotatable bonds is 4. The van der Waals surface area contributed by atoms with Crippen molar-refractivity contribution in [3.8, 4) is 0 Å². The van der Waals surface area contributed by atoms with Gasteiger partial charge in [0.05, 0.1) is 4.92 Å². The topological polar surface area (TPSA) is 84.2 Å². The minimum Gasteiger partial charge on any atom is -0.377 e. The smallest absolute Gasteiger partial charge is 0.348 e. The molecule has 0 radical (unpaired) electrons. The SMILES string of the molecule is Cc1ccc(Nc2ncnc(Cl)c2[N+](=O)[O-])cc1N(C)C. The molecule has 1 heterocycles. The molecular formula is C13H14ClN5O2. The predicted octanol–water partition coefficient (Wildman–Crippen LogP) is 3.16. The van der Waals surface area contributed by atoms with Crippen molar-refractivity contribution in [1.82, 2.24) is 9.97 Å². The maximum absolute atomic E-state index is 11.1. The molecule has 0 saturated heterocycles. The van der Waals surface area contributed by atoms with Crippen LogP contribution in [-0.2, 0) is 0 Å². The Kier molecular flexibility index (Phi) is 4.23. The van der Waals surface area contributed by atoms with Crippen molar-refractivity contribution in [2.75, 3.05) is 24.3 Å². The van der Waals surface area contributed by atoms with Crippen molar-refractivity contribution in [2.45, 2.75) is 6.92 Å². The first-order chi connectivity index (χ1) is 9.90. The van der Waals surface area contributed by atoms with Gasteiger partial charge in [-0.2, -0.15) is 0 Å². The summed E-state index contributed by atoms with van der Waals surface area (Å²) in [5, 5.41) is 13.8. The van der Waals surface area contributed by atoms with Crippen LogP contribution in [0.1, 0.15) is 5.56 Å². The van der Waals surface area contributed by atoms with Crippen molar-refractivity contribution in [3.63, 3.8) is 0 Å². The number of halogens is 1. The maximum atomic E-state index is 11.1. The first-order valence-electron chi connectivity index (χ1n) is 6.10. The van der Waals surface area contributed by atoms with Crippen LogP contribution < -0.4 is 10.2 Å².